The van der Waals surface area contributed by atoms with Crippen LogP contribution in [-0.2, 0) is 0 Å². The van der Waals surface area contributed by atoms with E-state index in [1.54, 1.807) is 37.1 Å². The molecule has 1 fully saturated rings. The molecule has 0 aliphatic carbocycles. The zero-order valence-electron chi connectivity index (χ0n) is 16.8. The van der Waals surface area contributed by atoms with Crippen molar-refractivity contribution in [3.8, 4) is 5.88 Å². The lowest BCUT2D eigenvalue weighted by atomic mass is 10.2. The molecule has 30 heavy (non-hydrogen) atoms. The smallest absolute Gasteiger partial charge is 0.257 e. The molecule has 1 amide bonds. The Bertz CT molecular complexity index is 982. The molecule has 0 radical (unpaired) electrons. The molecule has 1 atom stereocenters. The summed E-state index contributed by atoms with van der Waals surface area (Å²) < 4.78 is 5.00. The molecule has 1 aliphatic rings. The van der Waals surface area contributed by atoms with Gasteiger partial charge in [0.2, 0.25) is 11.8 Å². The average molecular weight is 406 g/mol. The Morgan fingerprint density at radius 3 is 2.57 bits per heavy atom. The lowest BCUT2D eigenvalue weighted by Gasteiger charge is -2.40. The number of ether oxygens (including phenoxy) is 1. The molecule has 1 N–H and O–H groups in total. The fraction of sp³-hybridized carbons (Fsp3) is 0.300. The van der Waals surface area contributed by atoms with Crippen molar-refractivity contribution in [2.75, 3.05) is 41.9 Å². The van der Waals surface area contributed by atoms with Gasteiger partial charge in [0.1, 0.15) is 12.1 Å². The van der Waals surface area contributed by atoms with Crippen LogP contribution >= 0.6 is 0 Å². The van der Waals surface area contributed by atoms with Crippen molar-refractivity contribution >= 4 is 23.4 Å². The van der Waals surface area contributed by atoms with Crippen molar-refractivity contribution in [3.63, 3.8) is 0 Å². The fourth-order valence-corrected chi connectivity index (χ4v) is 3.31. The third-order valence-electron chi connectivity index (χ3n) is 4.88. The van der Waals surface area contributed by atoms with Gasteiger partial charge in [-0.2, -0.15) is 0 Å². The van der Waals surface area contributed by atoms with Crippen LogP contribution in [0.15, 0.2) is 49.3 Å². The summed E-state index contributed by atoms with van der Waals surface area (Å²) in [6.45, 7) is 4.52. The van der Waals surface area contributed by atoms with Crippen molar-refractivity contribution < 1.29 is 9.53 Å². The predicted molar refractivity (Wildman–Crippen MR) is 112 cm³/mol. The van der Waals surface area contributed by atoms with Gasteiger partial charge in [-0.25, -0.2) is 24.9 Å². The molecular weight excluding hydrogens is 384 g/mol. The minimum atomic E-state index is -0.284. The second kappa shape index (κ2) is 8.68. The number of anilines is 3. The van der Waals surface area contributed by atoms with Crippen molar-refractivity contribution in [1.29, 1.82) is 0 Å². The first kappa shape index (κ1) is 19.5. The molecule has 0 spiro atoms. The maximum atomic E-state index is 12.3. The van der Waals surface area contributed by atoms with Crippen LogP contribution in [0.4, 0.5) is 17.5 Å². The SMILES string of the molecule is COc1ccc(C(=O)Nc2cnc(N3CCN(c4ccncn4)C[C@@H]3C)nc2)cn1. The minimum absolute atomic E-state index is 0.208. The van der Waals surface area contributed by atoms with E-state index >= 15 is 0 Å². The van der Waals surface area contributed by atoms with Crippen LogP contribution in [0.25, 0.3) is 0 Å². The number of pyridine rings is 1. The monoisotopic (exact) mass is 406 g/mol. The summed E-state index contributed by atoms with van der Waals surface area (Å²) >= 11 is 0. The first-order valence-electron chi connectivity index (χ1n) is 9.55. The minimum Gasteiger partial charge on any atom is -0.481 e. The van der Waals surface area contributed by atoms with Crippen LogP contribution in [0.1, 0.15) is 17.3 Å². The second-order valence-corrected chi connectivity index (χ2v) is 6.87. The Morgan fingerprint density at radius 2 is 1.93 bits per heavy atom. The maximum absolute atomic E-state index is 12.3. The van der Waals surface area contributed by atoms with E-state index < -0.39 is 0 Å². The zero-order chi connectivity index (χ0) is 20.9. The van der Waals surface area contributed by atoms with Gasteiger partial charge < -0.3 is 19.9 Å². The quantitative estimate of drug-likeness (QED) is 0.676. The molecular formula is C20H22N8O2. The van der Waals surface area contributed by atoms with E-state index in [0.717, 1.165) is 25.5 Å². The Kier molecular flexibility index (Phi) is 5.64. The van der Waals surface area contributed by atoms with Crippen LogP contribution < -0.4 is 19.9 Å². The number of piperazine rings is 1. The summed E-state index contributed by atoms with van der Waals surface area (Å²) in [7, 11) is 1.53. The molecule has 3 aromatic heterocycles. The summed E-state index contributed by atoms with van der Waals surface area (Å²) in [5, 5.41) is 2.78. The highest BCUT2D eigenvalue weighted by Crippen LogP contribution is 2.20. The molecule has 0 saturated carbocycles. The fourth-order valence-electron chi connectivity index (χ4n) is 3.31. The van der Waals surface area contributed by atoms with Crippen LogP contribution in [0.3, 0.4) is 0 Å². The van der Waals surface area contributed by atoms with E-state index in [2.05, 4.69) is 47.0 Å². The highest BCUT2D eigenvalue weighted by molar-refractivity contribution is 6.03. The number of methoxy groups -OCH3 is 1. The average Bonchev–Trinajstić information content (AvgIpc) is 2.80. The summed E-state index contributed by atoms with van der Waals surface area (Å²) in [5.41, 5.74) is 0.946. The number of carbonyl (C=O) groups excluding carboxylic acids is 1. The maximum Gasteiger partial charge on any atom is 0.257 e. The zero-order valence-corrected chi connectivity index (χ0v) is 16.8. The molecule has 0 aromatic carbocycles. The van der Waals surface area contributed by atoms with Crippen LogP contribution in [0.2, 0.25) is 0 Å². The molecule has 3 aromatic rings. The second-order valence-electron chi connectivity index (χ2n) is 6.87. The number of hydrogen-bond donors (Lipinski definition) is 1. The van der Waals surface area contributed by atoms with Gasteiger partial charge in [-0.05, 0) is 19.1 Å². The Hall–Kier alpha value is -3.82. The van der Waals surface area contributed by atoms with Crippen molar-refractivity contribution in [1.82, 2.24) is 24.9 Å². The highest BCUT2D eigenvalue weighted by atomic mass is 16.5. The van der Waals surface area contributed by atoms with Crippen LogP contribution in [0, 0.1) is 0 Å². The molecule has 0 bridgehead atoms. The van der Waals surface area contributed by atoms with E-state index in [9.17, 15) is 4.79 Å². The Labute approximate surface area is 174 Å². The van der Waals surface area contributed by atoms with Gasteiger partial charge in [0.05, 0.1) is 30.8 Å². The molecule has 4 rings (SSSR count). The van der Waals surface area contributed by atoms with E-state index in [1.165, 1.54) is 13.3 Å². The number of hydrogen-bond acceptors (Lipinski definition) is 9. The predicted octanol–water partition coefficient (Wildman–Crippen LogP) is 1.64. The van der Waals surface area contributed by atoms with Crippen LogP contribution in [-0.4, -0.2) is 63.6 Å². The first-order valence-corrected chi connectivity index (χ1v) is 9.55. The van der Waals surface area contributed by atoms with Gasteiger partial charge in [-0.15, -0.1) is 0 Å². The molecule has 10 heteroatoms. The molecule has 1 saturated heterocycles. The molecule has 154 valence electrons. The molecule has 1 aliphatic heterocycles. The molecule has 4 heterocycles. The highest BCUT2D eigenvalue weighted by Gasteiger charge is 2.26. The number of amides is 1. The van der Waals surface area contributed by atoms with Crippen molar-refractivity contribution in [3.05, 3.63) is 54.9 Å². The molecule has 0 unspecified atom stereocenters. The number of carbonyl (C=O) groups is 1. The topological polar surface area (TPSA) is 109 Å². The number of aromatic nitrogens is 5. The largest absolute Gasteiger partial charge is 0.481 e. The normalized spacial score (nSPS) is 16.3. The van der Waals surface area contributed by atoms with E-state index in [0.29, 0.717) is 23.1 Å². The summed E-state index contributed by atoms with van der Waals surface area (Å²) in [6.07, 6.45) is 7.99. The third-order valence-corrected chi connectivity index (χ3v) is 4.88. The Morgan fingerprint density at radius 1 is 1.10 bits per heavy atom. The lowest BCUT2D eigenvalue weighted by Crippen LogP contribution is -2.53. The molecule has 10 nitrogen and oxygen atoms in total. The third kappa shape index (κ3) is 4.27. The van der Waals surface area contributed by atoms with Gasteiger partial charge in [-0.1, -0.05) is 0 Å². The van der Waals surface area contributed by atoms with Crippen LogP contribution in [0.5, 0.6) is 5.88 Å². The van der Waals surface area contributed by atoms with Gasteiger partial charge in [0.15, 0.2) is 0 Å². The van der Waals surface area contributed by atoms with Gasteiger partial charge >= 0.3 is 0 Å². The van der Waals surface area contributed by atoms with Gasteiger partial charge in [-0.3, -0.25) is 4.79 Å². The standard InChI is InChI=1S/C20H22N8O2/c1-14-12-27(17-5-6-21-13-25-17)7-8-28(14)20-23-10-16(11-24-20)26-19(29)15-3-4-18(30-2)22-9-15/h3-6,9-11,13-14H,7-8,12H2,1-2H3,(H,26,29)/t14-/m0/s1. The van der Waals surface area contributed by atoms with Crippen molar-refractivity contribution in [2.45, 2.75) is 13.0 Å². The van der Waals surface area contributed by atoms with Gasteiger partial charge in [0, 0.05) is 44.1 Å². The summed E-state index contributed by atoms with van der Waals surface area (Å²) in [5.74, 6) is 1.72. The number of nitrogens with zero attached hydrogens (tertiary/aromatic N) is 7. The lowest BCUT2D eigenvalue weighted by molar-refractivity contribution is 0.102. The number of nitrogens with one attached hydrogen (secondary N) is 1. The first-order chi connectivity index (χ1) is 14.6. The number of rotatable bonds is 5. The van der Waals surface area contributed by atoms with Gasteiger partial charge in [0.25, 0.3) is 5.91 Å². The Balaban J connectivity index is 1.38. The summed E-state index contributed by atoms with van der Waals surface area (Å²) in [6, 6.07) is 5.40. The van der Waals surface area contributed by atoms with E-state index in [-0.39, 0.29) is 11.9 Å². The van der Waals surface area contributed by atoms with E-state index in [4.69, 9.17) is 4.74 Å². The summed E-state index contributed by atoms with van der Waals surface area (Å²) in [4.78, 5) is 37.9. The van der Waals surface area contributed by atoms with E-state index in [1.807, 2.05) is 6.07 Å². The van der Waals surface area contributed by atoms with Crippen molar-refractivity contribution in [2.24, 2.45) is 0 Å².